The molecule has 1 heterocycles. The maximum absolute atomic E-state index is 5.71. The summed E-state index contributed by atoms with van der Waals surface area (Å²) >= 11 is 0. The monoisotopic (exact) mass is 236 g/mol. The van der Waals surface area contributed by atoms with Gasteiger partial charge >= 0.3 is 0 Å². The Morgan fingerprint density at radius 1 is 0.889 bits per heavy atom. The third kappa shape index (κ3) is 1.86. The molecule has 0 aliphatic carbocycles. The van der Waals surface area contributed by atoms with E-state index in [1.54, 1.807) is 12.5 Å². The summed E-state index contributed by atoms with van der Waals surface area (Å²) < 4.78 is 5.37. The molecule has 3 heteroatoms. The third-order valence-electron chi connectivity index (χ3n) is 2.81. The van der Waals surface area contributed by atoms with Crippen molar-refractivity contribution < 1.29 is 4.42 Å². The second-order valence-electron chi connectivity index (χ2n) is 4.00. The lowest BCUT2D eigenvalue weighted by molar-refractivity contribution is 0.575. The van der Waals surface area contributed by atoms with Gasteiger partial charge in [-0.25, -0.2) is 4.98 Å². The van der Waals surface area contributed by atoms with E-state index in [2.05, 4.69) is 4.98 Å². The van der Waals surface area contributed by atoms with Crippen molar-refractivity contribution in [2.75, 3.05) is 5.73 Å². The quantitative estimate of drug-likeness (QED) is 0.692. The molecule has 0 aliphatic rings. The van der Waals surface area contributed by atoms with Crippen molar-refractivity contribution in [2.45, 2.75) is 0 Å². The van der Waals surface area contributed by atoms with Gasteiger partial charge in [-0.15, -0.1) is 0 Å². The average Bonchev–Trinajstić information content (AvgIpc) is 2.93. The standard InChI is InChI=1S/C15H12N2O/c16-12-7-5-11(6-8-12)13-3-1-2-4-14(13)15-17-9-10-18-15/h1-10H,16H2. The van der Waals surface area contributed by atoms with Gasteiger partial charge in [-0.1, -0.05) is 30.3 Å². The van der Waals surface area contributed by atoms with E-state index in [0.717, 1.165) is 22.4 Å². The molecular formula is C15H12N2O. The maximum Gasteiger partial charge on any atom is 0.226 e. The smallest absolute Gasteiger partial charge is 0.226 e. The minimum Gasteiger partial charge on any atom is -0.445 e. The Morgan fingerprint density at radius 3 is 2.28 bits per heavy atom. The zero-order chi connectivity index (χ0) is 12.4. The Bertz CT molecular complexity index is 643. The summed E-state index contributed by atoms with van der Waals surface area (Å²) in [4.78, 5) is 4.20. The summed E-state index contributed by atoms with van der Waals surface area (Å²) in [6.07, 6.45) is 3.23. The maximum atomic E-state index is 5.71. The predicted octanol–water partition coefficient (Wildman–Crippen LogP) is 3.59. The fourth-order valence-electron chi connectivity index (χ4n) is 1.94. The number of hydrogen-bond donors (Lipinski definition) is 1. The van der Waals surface area contributed by atoms with Crippen LogP contribution in [0.5, 0.6) is 0 Å². The molecule has 0 spiro atoms. The van der Waals surface area contributed by atoms with Gasteiger partial charge in [-0.2, -0.15) is 0 Å². The molecule has 2 aromatic carbocycles. The molecule has 0 saturated heterocycles. The van der Waals surface area contributed by atoms with E-state index in [4.69, 9.17) is 10.2 Å². The highest BCUT2D eigenvalue weighted by Gasteiger charge is 2.09. The van der Waals surface area contributed by atoms with Crippen molar-refractivity contribution >= 4 is 5.69 Å². The summed E-state index contributed by atoms with van der Waals surface area (Å²) in [6.45, 7) is 0. The molecule has 0 saturated carbocycles. The Labute approximate surface area is 105 Å². The van der Waals surface area contributed by atoms with Gasteiger partial charge in [-0.3, -0.25) is 0 Å². The largest absolute Gasteiger partial charge is 0.445 e. The van der Waals surface area contributed by atoms with Gasteiger partial charge in [0.05, 0.1) is 6.20 Å². The lowest BCUT2D eigenvalue weighted by atomic mass is 9.99. The van der Waals surface area contributed by atoms with Crippen molar-refractivity contribution in [1.82, 2.24) is 4.98 Å². The normalized spacial score (nSPS) is 10.4. The van der Waals surface area contributed by atoms with Crippen molar-refractivity contribution in [3.8, 4) is 22.6 Å². The van der Waals surface area contributed by atoms with Gasteiger partial charge in [0.1, 0.15) is 6.26 Å². The minimum atomic E-state index is 0.627. The second-order valence-corrected chi connectivity index (χ2v) is 4.00. The first-order valence-electron chi connectivity index (χ1n) is 5.69. The number of benzene rings is 2. The van der Waals surface area contributed by atoms with Crippen LogP contribution in [-0.4, -0.2) is 4.98 Å². The molecular weight excluding hydrogens is 224 g/mol. The number of nitrogen functional groups attached to an aromatic ring is 1. The zero-order valence-electron chi connectivity index (χ0n) is 9.71. The van der Waals surface area contributed by atoms with E-state index in [1.165, 1.54) is 0 Å². The summed E-state index contributed by atoms with van der Waals surface area (Å²) in [6, 6.07) is 15.8. The Balaban J connectivity index is 2.15. The molecule has 3 rings (SSSR count). The van der Waals surface area contributed by atoms with Gasteiger partial charge < -0.3 is 10.2 Å². The molecule has 2 N–H and O–H groups in total. The van der Waals surface area contributed by atoms with E-state index in [1.807, 2.05) is 48.5 Å². The first kappa shape index (κ1) is 10.6. The molecule has 3 aromatic rings. The number of nitrogens with two attached hydrogens (primary N) is 1. The van der Waals surface area contributed by atoms with Gasteiger partial charge in [0.2, 0.25) is 5.89 Å². The van der Waals surface area contributed by atoms with E-state index >= 15 is 0 Å². The van der Waals surface area contributed by atoms with Crippen molar-refractivity contribution in [1.29, 1.82) is 0 Å². The van der Waals surface area contributed by atoms with Gasteiger partial charge in [-0.05, 0) is 29.3 Å². The van der Waals surface area contributed by atoms with Crippen LogP contribution >= 0.6 is 0 Å². The van der Waals surface area contributed by atoms with Crippen LogP contribution in [0.3, 0.4) is 0 Å². The molecule has 0 radical (unpaired) electrons. The zero-order valence-corrected chi connectivity index (χ0v) is 9.71. The van der Waals surface area contributed by atoms with Crippen LogP contribution in [0.15, 0.2) is 65.4 Å². The lowest BCUT2D eigenvalue weighted by Crippen LogP contribution is -1.87. The second kappa shape index (κ2) is 4.37. The number of rotatable bonds is 2. The van der Waals surface area contributed by atoms with Crippen molar-refractivity contribution in [2.24, 2.45) is 0 Å². The van der Waals surface area contributed by atoms with Gasteiger partial charge in [0, 0.05) is 11.3 Å². The van der Waals surface area contributed by atoms with Crippen LogP contribution in [0.1, 0.15) is 0 Å². The van der Waals surface area contributed by atoms with E-state index in [9.17, 15) is 0 Å². The van der Waals surface area contributed by atoms with E-state index < -0.39 is 0 Å². The number of nitrogens with zero attached hydrogens (tertiary/aromatic N) is 1. The topological polar surface area (TPSA) is 52.0 Å². The van der Waals surface area contributed by atoms with Crippen molar-refractivity contribution in [3.63, 3.8) is 0 Å². The molecule has 0 aliphatic heterocycles. The molecule has 0 amide bonds. The predicted molar refractivity (Wildman–Crippen MR) is 71.8 cm³/mol. The van der Waals surface area contributed by atoms with Gasteiger partial charge in [0.15, 0.2) is 0 Å². The van der Waals surface area contributed by atoms with Crippen LogP contribution in [-0.2, 0) is 0 Å². The molecule has 0 fully saturated rings. The van der Waals surface area contributed by atoms with Gasteiger partial charge in [0.25, 0.3) is 0 Å². The molecule has 88 valence electrons. The van der Waals surface area contributed by atoms with Crippen LogP contribution < -0.4 is 5.73 Å². The van der Waals surface area contributed by atoms with Crippen LogP contribution in [0.2, 0.25) is 0 Å². The fourth-order valence-corrected chi connectivity index (χ4v) is 1.94. The molecule has 0 bridgehead atoms. The highest BCUT2D eigenvalue weighted by molar-refractivity contribution is 5.80. The Hall–Kier alpha value is -2.55. The molecule has 18 heavy (non-hydrogen) atoms. The summed E-state index contributed by atoms with van der Waals surface area (Å²) in [5.74, 6) is 0.627. The number of oxazole rings is 1. The summed E-state index contributed by atoms with van der Waals surface area (Å²) in [5, 5.41) is 0. The molecule has 3 nitrogen and oxygen atoms in total. The Morgan fingerprint density at radius 2 is 1.61 bits per heavy atom. The fraction of sp³-hybridized carbons (Fsp3) is 0. The molecule has 0 unspecified atom stereocenters. The average molecular weight is 236 g/mol. The summed E-state index contributed by atoms with van der Waals surface area (Å²) in [5.41, 5.74) is 9.62. The Kier molecular flexibility index (Phi) is 2.57. The van der Waals surface area contributed by atoms with Crippen LogP contribution in [0.25, 0.3) is 22.6 Å². The van der Waals surface area contributed by atoms with Crippen LogP contribution in [0, 0.1) is 0 Å². The number of aromatic nitrogens is 1. The van der Waals surface area contributed by atoms with E-state index in [0.29, 0.717) is 5.89 Å². The first-order chi connectivity index (χ1) is 8.84. The molecule has 1 aromatic heterocycles. The highest BCUT2D eigenvalue weighted by Crippen LogP contribution is 2.31. The lowest BCUT2D eigenvalue weighted by Gasteiger charge is -2.07. The highest BCUT2D eigenvalue weighted by atomic mass is 16.3. The van der Waals surface area contributed by atoms with Crippen molar-refractivity contribution in [3.05, 3.63) is 61.0 Å². The minimum absolute atomic E-state index is 0.627. The van der Waals surface area contributed by atoms with Crippen LogP contribution in [0.4, 0.5) is 5.69 Å². The summed E-state index contributed by atoms with van der Waals surface area (Å²) in [7, 11) is 0. The third-order valence-corrected chi connectivity index (χ3v) is 2.81. The van der Waals surface area contributed by atoms with E-state index in [-0.39, 0.29) is 0 Å². The molecule has 0 atom stereocenters. The number of hydrogen-bond acceptors (Lipinski definition) is 3. The number of anilines is 1. The SMILES string of the molecule is Nc1ccc(-c2ccccc2-c2ncco2)cc1. The first-order valence-corrected chi connectivity index (χ1v) is 5.69.